The molecule has 2 amide bonds. The Hall–Kier alpha value is -2.68. The first-order valence-corrected chi connectivity index (χ1v) is 14.1. The van der Waals surface area contributed by atoms with Crippen molar-refractivity contribution in [2.75, 3.05) is 26.3 Å². The number of unbranched alkanes of at least 4 members (excludes halogenated alkanes) is 9. The topological polar surface area (TPSA) is 97.0 Å². The maximum absolute atomic E-state index is 12.6. The van der Waals surface area contributed by atoms with Crippen molar-refractivity contribution >= 4 is 35.1 Å². The number of hydrogen-bond acceptors (Lipinski definition) is 6. The van der Waals surface area contributed by atoms with E-state index in [1.807, 2.05) is 6.92 Å². The molecule has 0 aliphatic carbocycles. The van der Waals surface area contributed by atoms with E-state index in [2.05, 4.69) is 17.6 Å². The van der Waals surface area contributed by atoms with E-state index in [1.165, 1.54) is 44.9 Å². The summed E-state index contributed by atoms with van der Waals surface area (Å²) in [5.74, 6) is -0.463. The van der Waals surface area contributed by atoms with Gasteiger partial charge in [0.15, 0.2) is 5.11 Å². The van der Waals surface area contributed by atoms with Gasteiger partial charge in [-0.2, -0.15) is 0 Å². The standard InChI is InChI=1S/C28H43N3O5S/c1-3-5-6-7-8-9-10-11-12-13-20-36-25(32)21-24-27(34)29-18-19-31(24)28(37)30-26(33)22-14-16-23(17-15-22)35-4-2/h14-17,24H,3-13,18-21H2,1-2H3,(H,29,34)(H,30,33,37). The summed E-state index contributed by atoms with van der Waals surface area (Å²) < 4.78 is 10.8. The van der Waals surface area contributed by atoms with Crippen LogP contribution in [0.3, 0.4) is 0 Å². The lowest BCUT2D eigenvalue weighted by Gasteiger charge is -2.36. The van der Waals surface area contributed by atoms with Crippen LogP contribution < -0.4 is 15.4 Å². The van der Waals surface area contributed by atoms with E-state index in [0.29, 0.717) is 37.6 Å². The van der Waals surface area contributed by atoms with Crippen LogP contribution in [-0.2, 0) is 14.3 Å². The summed E-state index contributed by atoms with van der Waals surface area (Å²) in [7, 11) is 0. The van der Waals surface area contributed by atoms with Crippen molar-refractivity contribution in [2.45, 2.75) is 90.5 Å². The van der Waals surface area contributed by atoms with Gasteiger partial charge in [0.1, 0.15) is 11.8 Å². The summed E-state index contributed by atoms with van der Waals surface area (Å²) in [4.78, 5) is 39.2. The molecule has 0 saturated carbocycles. The predicted molar refractivity (Wildman–Crippen MR) is 149 cm³/mol. The zero-order valence-corrected chi connectivity index (χ0v) is 23.2. The molecule has 1 aromatic rings. The number of rotatable bonds is 16. The Balaban J connectivity index is 1.72. The highest BCUT2D eigenvalue weighted by Crippen LogP contribution is 2.15. The van der Waals surface area contributed by atoms with Crippen LogP contribution in [0.1, 0.15) is 94.8 Å². The summed E-state index contributed by atoms with van der Waals surface area (Å²) >= 11 is 5.42. The summed E-state index contributed by atoms with van der Waals surface area (Å²) in [6.45, 7) is 5.77. The molecule has 0 aromatic heterocycles. The predicted octanol–water partition coefficient (Wildman–Crippen LogP) is 4.75. The molecule has 2 N–H and O–H groups in total. The fourth-order valence-electron chi connectivity index (χ4n) is 4.26. The van der Waals surface area contributed by atoms with Gasteiger partial charge in [-0.25, -0.2) is 0 Å². The highest BCUT2D eigenvalue weighted by atomic mass is 32.1. The molecule has 2 rings (SSSR count). The SMILES string of the molecule is CCCCCCCCCCCCOC(=O)CC1C(=O)NCCN1C(=S)NC(=O)c1ccc(OCC)cc1. The summed E-state index contributed by atoms with van der Waals surface area (Å²) in [6.07, 6.45) is 11.9. The number of amides is 2. The molecule has 8 nitrogen and oxygen atoms in total. The third-order valence-corrected chi connectivity index (χ3v) is 6.70. The van der Waals surface area contributed by atoms with Gasteiger partial charge in [-0.3, -0.25) is 19.7 Å². The molecule has 1 heterocycles. The summed E-state index contributed by atoms with van der Waals surface area (Å²) in [5.41, 5.74) is 0.416. The Kier molecular flexibility index (Phi) is 14.6. The minimum Gasteiger partial charge on any atom is -0.494 e. The molecule has 0 bridgehead atoms. The molecule has 1 unspecified atom stereocenters. The van der Waals surface area contributed by atoms with Gasteiger partial charge in [0.2, 0.25) is 5.91 Å². The van der Waals surface area contributed by atoms with Crippen molar-refractivity contribution in [3.05, 3.63) is 29.8 Å². The van der Waals surface area contributed by atoms with Crippen molar-refractivity contribution in [1.29, 1.82) is 0 Å². The number of carbonyl (C=O) groups excluding carboxylic acids is 3. The second-order valence-corrected chi connectivity index (χ2v) is 9.71. The molecule has 1 aromatic carbocycles. The van der Waals surface area contributed by atoms with Crippen LogP contribution >= 0.6 is 12.2 Å². The third-order valence-electron chi connectivity index (χ3n) is 6.36. The van der Waals surface area contributed by atoms with Gasteiger partial charge in [0, 0.05) is 18.7 Å². The van der Waals surface area contributed by atoms with Crippen LogP contribution in [0, 0.1) is 0 Å². The number of benzene rings is 1. The molecule has 1 aliphatic rings. The molecule has 0 spiro atoms. The molecule has 1 atom stereocenters. The Morgan fingerprint density at radius 1 is 1.00 bits per heavy atom. The third kappa shape index (κ3) is 11.5. The van der Waals surface area contributed by atoms with E-state index in [9.17, 15) is 14.4 Å². The van der Waals surface area contributed by atoms with Gasteiger partial charge in [0.25, 0.3) is 5.91 Å². The Morgan fingerprint density at radius 2 is 1.62 bits per heavy atom. The van der Waals surface area contributed by atoms with Gasteiger partial charge in [0.05, 0.1) is 19.6 Å². The first kappa shape index (κ1) is 30.5. The largest absolute Gasteiger partial charge is 0.494 e. The van der Waals surface area contributed by atoms with Crippen LogP contribution in [0.4, 0.5) is 0 Å². The molecule has 37 heavy (non-hydrogen) atoms. The van der Waals surface area contributed by atoms with E-state index in [1.54, 1.807) is 29.2 Å². The Bertz CT molecular complexity index is 862. The lowest BCUT2D eigenvalue weighted by Crippen LogP contribution is -2.60. The molecule has 9 heteroatoms. The number of hydrogen-bond donors (Lipinski definition) is 2. The van der Waals surface area contributed by atoms with E-state index in [4.69, 9.17) is 21.7 Å². The number of thiocarbonyl (C=S) groups is 1. The molecule has 206 valence electrons. The quantitative estimate of drug-likeness (QED) is 0.180. The zero-order chi connectivity index (χ0) is 26.9. The van der Waals surface area contributed by atoms with Crippen LogP contribution in [-0.4, -0.2) is 60.1 Å². The van der Waals surface area contributed by atoms with Crippen LogP contribution in [0.2, 0.25) is 0 Å². The maximum Gasteiger partial charge on any atom is 0.308 e. The highest BCUT2D eigenvalue weighted by Gasteiger charge is 2.34. The number of nitrogens with zero attached hydrogens (tertiary/aromatic N) is 1. The maximum atomic E-state index is 12.6. The minimum atomic E-state index is -0.818. The first-order chi connectivity index (χ1) is 18.0. The van der Waals surface area contributed by atoms with Crippen molar-refractivity contribution in [1.82, 2.24) is 15.5 Å². The summed E-state index contributed by atoms with van der Waals surface area (Å²) in [6, 6.07) is 5.90. The van der Waals surface area contributed by atoms with Gasteiger partial charge in [-0.05, 0) is 49.8 Å². The van der Waals surface area contributed by atoms with Crippen LogP contribution in [0.5, 0.6) is 5.75 Å². The van der Waals surface area contributed by atoms with Crippen LogP contribution in [0.25, 0.3) is 0 Å². The molecule has 1 fully saturated rings. The van der Waals surface area contributed by atoms with Gasteiger partial charge < -0.3 is 19.7 Å². The number of esters is 1. The first-order valence-electron chi connectivity index (χ1n) is 13.7. The van der Waals surface area contributed by atoms with E-state index < -0.39 is 12.0 Å². The second-order valence-electron chi connectivity index (χ2n) is 9.32. The number of carbonyl (C=O) groups is 3. The average molecular weight is 534 g/mol. The zero-order valence-electron chi connectivity index (χ0n) is 22.4. The minimum absolute atomic E-state index is 0.112. The van der Waals surface area contributed by atoms with E-state index >= 15 is 0 Å². The van der Waals surface area contributed by atoms with Crippen molar-refractivity contribution in [3.8, 4) is 5.75 Å². The van der Waals surface area contributed by atoms with Gasteiger partial charge >= 0.3 is 5.97 Å². The molecular weight excluding hydrogens is 490 g/mol. The monoisotopic (exact) mass is 533 g/mol. The molecular formula is C28H43N3O5S. The number of piperazine rings is 1. The summed E-state index contributed by atoms with van der Waals surface area (Å²) in [5, 5.41) is 5.55. The van der Waals surface area contributed by atoms with Gasteiger partial charge in [-0.1, -0.05) is 64.7 Å². The number of nitrogens with one attached hydrogen (secondary N) is 2. The Labute approximate surface area is 226 Å². The van der Waals surface area contributed by atoms with Crippen molar-refractivity contribution in [2.24, 2.45) is 0 Å². The molecule has 0 radical (unpaired) electrons. The number of ether oxygens (including phenoxy) is 2. The lowest BCUT2D eigenvalue weighted by molar-refractivity contribution is -0.147. The molecule has 1 saturated heterocycles. The fourth-order valence-corrected chi connectivity index (χ4v) is 4.57. The van der Waals surface area contributed by atoms with E-state index in [0.717, 1.165) is 19.3 Å². The van der Waals surface area contributed by atoms with Crippen molar-refractivity contribution in [3.63, 3.8) is 0 Å². The average Bonchev–Trinajstić information content (AvgIpc) is 2.89. The van der Waals surface area contributed by atoms with Gasteiger partial charge in [-0.15, -0.1) is 0 Å². The highest BCUT2D eigenvalue weighted by molar-refractivity contribution is 7.80. The van der Waals surface area contributed by atoms with Crippen molar-refractivity contribution < 1.29 is 23.9 Å². The normalized spacial score (nSPS) is 15.1. The molecule has 1 aliphatic heterocycles. The second kappa shape index (κ2) is 17.7. The smallest absolute Gasteiger partial charge is 0.308 e. The van der Waals surface area contributed by atoms with E-state index in [-0.39, 0.29) is 23.3 Å². The van der Waals surface area contributed by atoms with Crippen LogP contribution in [0.15, 0.2) is 24.3 Å². The lowest BCUT2D eigenvalue weighted by atomic mass is 10.1. The Morgan fingerprint density at radius 3 is 2.24 bits per heavy atom. The fraction of sp³-hybridized carbons (Fsp3) is 0.643.